The van der Waals surface area contributed by atoms with Crippen molar-refractivity contribution in [1.82, 2.24) is 4.90 Å². The third-order valence-corrected chi connectivity index (χ3v) is 3.31. The van der Waals surface area contributed by atoms with Gasteiger partial charge in [-0.25, -0.2) is 0 Å². The molecule has 1 aromatic carbocycles. The molecule has 0 saturated carbocycles. The molecule has 0 unspecified atom stereocenters. The summed E-state index contributed by atoms with van der Waals surface area (Å²) in [6.07, 6.45) is 2.08. The standard InChI is InChI=1S/C11H13Cl2N/c1-14-4-2-8-6-9(12)7-11(13)10(8)3-5-14/h6-7H,2-5H2,1H3. The molecule has 1 aliphatic rings. The summed E-state index contributed by atoms with van der Waals surface area (Å²) in [6.45, 7) is 2.16. The Kier molecular flexibility index (Phi) is 3.01. The molecule has 3 heteroatoms. The summed E-state index contributed by atoms with van der Waals surface area (Å²) in [5, 5.41) is 1.57. The van der Waals surface area contributed by atoms with Gasteiger partial charge in [0.1, 0.15) is 0 Å². The minimum atomic E-state index is 0.748. The summed E-state index contributed by atoms with van der Waals surface area (Å²) in [4.78, 5) is 2.32. The first kappa shape index (κ1) is 10.3. The highest BCUT2D eigenvalue weighted by Gasteiger charge is 2.14. The van der Waals surface area contributed by atoms with Crippen molar-refractivity contribution in [3.8, 4) is 0 Å². The fourth-order valence-corrected chi connectivity index (χ4v) is 2.52. The molecule has 0 amide bonds. The molecule has 0 spiro atoms. The molecular formula is C11H13Cl2N. The number of likely N-dealkylation sites (N-methyl/N-ethyl adjacent to an activating group) is 1. The second-order valence-corrected chi connectivity index (χ2v) is 4.67. The molecule has 1 nitrogen and oxygen atoms in total. The van der Waals surface area contributed by atoms with E-state index in [1.807, 2.05) is 12.1 Å². The van der Waals surface area contributed by atoms with E-state index in [0.717, 1.165) is 36.0 Å². The third-order valence-electron chi connectivity index (χ3n) is 2.76. The Morgan fingerprint density at radius 1 is 1.14 bits per heavy atom. The number of nitrogens with zero attached hydrogens (tertiary/aromatic N) is 1. The molecule has 1 heterocycles. The van der Waals surface area contributed by atoms with Crippen LogP contribution in [0.1, 0.15) is 11.1 Å². The van der Waals surface area contributed by atoms with E-state index in [1.54, 1.807) is 0 Å². The predicted octanol–water partition coefficient (Wildman–Crippen LogP) is 3.02. The largest absolute Gasteiger partial charge is 0.306 e. The van der Waals surface area contributed by atoms with Crippen molar-refractivity contribution in [2.75, 3.05) is 20.1 Å². The average molecular weight is 230 g/mol. The van der Waals surface area contributed by atoms with Gasteiger partial charge < -0.3 is 4.90 Å². The van der Waals surface area contributed by atoms with E-state index in [-0.39, 0.29) is 0 Å². The zero-order chi connectivity index (χ0) is 10.1. The molecule has 0 aromatic heterocycles. The number of fused-ring (bicyclic) bond motifs is 1. The van der Waals surface area contributed by atoms with Gasteiger partial charge in [-0.1, -0.05) is 23.2 Å². The highest BCUT2D eigenvalue weighted by molar-refractivity contribution is 6.35. The number of halogens is 2. The van der Waals surface area contributed by atoms with E-state index < -0.39 is 0 Å². The monoisotopic (exact) mass is 229 g/mol. The number of benzene rings is 1. The molecule has 0 bridgehead atoms. The van der Waals surface area contributed by atoms with Crippen molar-refractivity contribution < 1.29 is 0 Å². The Morgan fingerprint density at radius 2 is 1.86 bits per heavy atom. The molecule has 2 rings (SSSR count). The highest BCUT2D eigenvalue weighted by Crippen LogP contribution is 2.27. The van der Waals surface area contributed by atoms with Gasteiger partial charge in [-0.05, 0) is 43.1 Å². The Morgan fingerprint density at radius 3 is 2.64 bits per heavy atom. The third kappa shape index (κ3) is 2.05. The Balaban J connectivity index is 2.40. The van der Waals surface area contributed by atoms with E-state index >= 15 is 0 Å². The van der Waals surface area contributed by atoms with Crippen LogP contribution in [0.25, 0.3) is 0 Å². The van der Waals surface area contributed by atoms with Crippen molar-refractivity contribution in [3.63, 3.8) is 0 Å². The first-order chi connectivity index (χ1) is 6.66. The minimum absolute atomic E-state index is 0.748. The topological polar surface area (TPSA) is 3.24 Å². The van der Waals surface area contributed by atoms with Gasteiger partial charge in [0.15, 0.2) is 0 Å². The second kappa shape index (κ2) is 4.09. The first-order valence-corrected chi connectivity index (χ1v) is 5.58. The first-order valence-electron chi connectivity index (χ1n) is 4.82. The van der Waals surface area contributed by atoms with Crippen LogP contribution in [0.15, 0.2) is 12.1 Å². The molecule has 0 saturated heterocycles. The molecule has 0 radical (unpaired) electrons. The quantitative estimate of drug-likeness (QED) is 0.662. The van der Waals surface area contributed by atoms with Crippen molar-refractivity contribution in [2.24, 2.45) is 0 Å². The number of hydrogen-bond acceptors (Lipinski definition) is 1. The van der Waals surface area contributed by atoms with Crippen LogP contribution in [-0.4, -0.2) is 25.0 Å². The van der Waals surface area contributed by atoms with Crippen molar-refractivity contribution >= 4 is 23.2 Å². The fourth-order valence-electron chi connectivity index (χ4n) is 1.89. The molecule has 1 aliphatic heterocycles. The molecule has 0 aliphatic carbocycles. The lowest BCUT2D eigenvalue weighted by Gasteiger charge is -2.10. The van der Waals surface area contributed by atoms with Gasteiger partial charge in [0.25, 0.3) is 0 Å². The number of rotatable bonds is 0. The molecule has 14 heavy (non-hydrogen) atoms. The van der Waals surface area contributed by atoms with Gasteiger partial charge >= 0.3 is 0 Å². The van der Waals surface area contributed by atoms with Crippen LogP contribution in [0.3, 0.4) is 0 Å². The maximum Gasteiger partial charge on any atom is 0.0456 e. The van der Waals surface area contributed by atoms with Crippen LogP contribution in [0.4, 0.5) is 0 Å². The molecule has 0 fully saturated rings. The van der Waals surface area contributed by atoms with E-state index in [4.69, 9.17) is 23.2 Å². The molecule has 0 atom stereocenters. The molecule has 0 N–H and O–H groups in total. The lowest BCUT2D eigenvalue weighted by atomic mass is 10.0. The van der Waals surface area contributed by atoms with Crippen LogP contribution >= 0.6 is 23.2 Å². The SMILES string of the molecule is CN1CCc2cc(Cl)cc(Cl)c2CC1. The van der Waals surface area contributed by atoms with Gasteiger partial charge in [0.2, 0.25) is 0 Å². The predicted molar refractivity (Wildman–Crippen MR) is 61.4 cm³/mol. The van der Waals surface area contributed by atoms with Gasteiger partial charge in [-0.2, -0.15) is 0 Å². The smallest absolute Gasteiger partial charge is 0.0456 e. The Hall–Kier alpha value is -0.240. The van der Waals surface area contributed by atoms with E-state index in [9.17, 15) is 0 Å². The van der Waals surface area contributed by atoms with Gasteiger partial charge in [-0.15, -0.1) is 0 Å². The van der Waals surface area contributed by atoms with E-state index in [0.29, 0.717) is 0 Å². The summed E-state index contributed by atoms with van der Waals surface area (Å²) in [7, 11) is 2.14. The maximum absolute atomic E-state index is 6.16. The summed E-state index contributed by atoms with van der Waals surface area (Å²) in [5.41, 5.74) is 2.59. The zero-order valence-electron chi connectivity index (χ0n) is 8.19. The zero-order valence-corrected chi connectivity index (χ0v) is 9.70. The molecule has 1 aromatic rings. The lowest BCUT2D eigenvalue weighted by Crippen LogP contribution is -2.20. The van der Waals surface area contributed by atoms with Crippen molar-refractivity contribution in [3.05, 3.63) is 33.3 Å². The fraction of sp³-hybridized carbons (Fsp3) is 0.455. The van der Waals surface area contributed by atoms with Gasteiger partial charge in [0.05, 0.1) is 0 Å². The highest BCUT2D eigenvalue weighted by atomic mass is 35.5. The van der Waals surface area contributed by atoms with Crippen LogP contribution in [-0.2, 0) is 12.8 Å². The van der Waals surface area contributed by atoms with Crippen molar-refractivity contribution in [2.45, 2.75) is 12.8 Å². The van der Waals surface area contributed by atoms with E-state index in [1.165, 1.54) is 11.1 Å². The Labute approximate surface area is 94.6 Å². The summed E-state index contributed by atoms with van der Waals surface area (Å²) in [6, 6.07) is 3.88. The molecule has 76 valence electrons. The number of hydrogen-bond donors (Lipinski definition) is 0. The second-order valence-electron chi connectivity index (χ2n) is 3.83. The van der Waals surface area contributed by atoms with Crippen LogP contribution in [0, 0.1) is 0 Å². The van der Waals surface area contributed by atoms with Crippen LogP contribution in [0.5, 0.6) is 0 Å². The summed E-state index contributed by atoms with van der Waals surface area (Å²) >= 11 is 12.1. The van der Waals surface area contributed by atoms with Crippen LogP contribution < -0.4 is 0 Å². The lowest BCUT2D eigenvalue weighted by molar-refractivity contribution is 0.352. The van der Waals surface area contributed by atoms with Gasteiger partial charge in [0, 0.05) is 23.1 Å². The minimum Gasteiger partial charge on any atom is -0.306 e. The van der Waals surface area contributed by atoms with Crippen LogP contribution in [0.2, 0.25) is 10.0 Å². The summed E-state index contributed by atoms with van der Waals surface area (Å²) < 4.78 is 0. The average Bonchev–Trinajstić information content (AvgIpc) is 2.28. The van der Waals surface area contributed by atoms with Gasteiger partial charge in [-0.3, -0.25) is 0 Å². The maximum atomic E-state index is 6.16. The Bertz CT molecular complexity index is 349. The summed E-state index contributed by atoms with van der Waals surface area (Å²) in [5.74, 6) is 0. The van der Waals surface area contributed by atoms with E-state index in [2.05, 4.69) is 11.9 Å². The normalized spacial score (nSPS) is 17.6. The molecular weight excluding hydrogens is 217 g/mol. The van der Waals surface area contributed by atoms with Crippen molar-refractivity contribution in [1.29, 1.82) is 0 Å².